The van der Waals surface area contributed by atoms with Gasteiger partial charge >= 0.3 is 8.77 Å². The van der Waals surface area contributed by atoms with Gasteiger partial charge in [0.25, 0.3) is 0 Å². The van der Waals surface area contributed by atoms with E-state index in [-0.39, 0.29) is 13.0 Å². The highest BCUT2D eigenvalue weighted by molar-refractivity contribution is 7.40. The fourth-order valence-electron chi connectivity index (χ4n) is 0.188. The zero-order chi connectivity index (χ0) is 6.41. The molecule has 0 aromatic heterocycles. The van der Waals surface area contributed by atoms with Crippen molar-refractivity contribution in [3.05, 3.63) is 0 Å². The second-order valence-corrected chi connectivity index (χ2v) is 1.74. The molecule has 0 spiro atoms. The lowest BCUT2D eigenvalue weighted by Crippen LogP contribution is -1.86. The topological polar surface area (TPSA) is 9.23 Å². The molecule has 5 heteroatoms. The summed E-state index contributed by atoms with van der Waals surface area (Å²) in [6.07, 6.45) is 0.0622. The second kappa shape index (κ2) is 5.32. The maximum Gasteiger partial charge on any atom is 0.415 e. The van der Waals surface area contributed by atoms with Crippen molar-refractivity contribution < 1.29 is 17.3 Å². The zero-order valence-corrected chi connectivity index (χ0v) is 5.01. The van der Waals surface area contributed by atoms with E-state index in [2.05, 4.69) is 4.52 Å². The van der Waals surface area contributed by atoms with Crippen LogP contribution in [0.5, 0.6) is 0 Å². The molecule has 0 aliphatic rings. The highest BCUT2D eigenvalue weighted by atomic mass is 31.2. The van der Waals surface area contributed by atoms with Gasteiger partial charge in [-0.1, -0.05) is 0 Å². The van der Waals surface area contributed by atoms with E-state index < -0.39 is 15.4 Å². The maximum absolute atomic E-state index is 11.1. The van der Waals surface area contributed by atoms with Crippen LogP contribution in [0.1, 0.15) is 6.42 Å². The third kappa shape index (κ3) is 6.18. The van der Waals surface area contributed by atoms with Crippen LogP contribution in [-0.2, 0) is 4.52 Å². The van der Waals surface area contributed by atoms with Gasteiger partial charge in [-0.15, -0.1) is 0 Å². The van der Waals surface area contributed by atoms with E-state index in [1.54, 1.807) is 0 Å². The molecule has 1 nitrogen and oxygen atoms in total. The molecule has 0 amide bonds. The molecule has 0 aliphatic carbocycles. The largest absolute Gasteiger partial charge is 0.415 e. The quantitative estimate of drug-likeness (QED) is 0.437. The van der Waals surface area contributed by atoms with Crippen molar-refractivity contribution in [3.63, 3.8) is 0 Å². The van der Waals surface area contributed by atoms with E-state index in [4.69, 9.17) is 0 Å². The molecule has 0 fully saturated rings. The van der Waals surface area contributed by atoms with Gasteiger partial charge in [-0.3, -0.25) is 4.39 Å². The molecule has 0 aromatic carbocycles. The third-order valence-corrected chi connectivity index (χ3v) is 0.845. The van der Waals surface area contributed by atoms with Crippen LogP contribution in [0.25, 0.3) is 0 Å². The predicted molar refractivity (Wildman–Crippen MR) is 25.7 cm³/mol. The fraction of sp³-hybridized carbons (Fsp3) is 1.00. The minimum atomic E-state index is -3.28. The van der Waals surface area contributed by atoms with Gasteiger partial charge in [0.05, 0.1) is 13.3 Å². The van der Waals surface area contributed by atoms with Gasteiger partial charge in [-0.05, 0) is 6.42 Å². The number of alkyl halides is 1. The molecule has 0 aliphatic heterocycles. The lowest BCUT2D eigenvalue weighted by atomic mass is 10.5. The molecular formula is C3H6F3OP. The summed E-state index contributed by atoms with van der Waals surface area (Å²) in [4.78, 5) is 0. The highest BCUT2D eigenvalue weighted by Crippen LogP contribution is 2.39. The highest BCUT2D eigenvalue weighted by Gasteiger charge is 2.01. The smallest absolute Gasteiger partial charge is 0.306 e. The Morgan fingerprint density at radius 2 is 2.00 bits per heavy atom. The van der Waals surface area contributed by atoms with Gasteiger partial charge in [0.15, 0.2) is 0 Å². The van der Waals surface area contributed by atoms with Crippen molar-refractivity contribution in [3.8, 4) is 0 Å². The van der Waals surface area contributed by atoms with Gasteiger partial charge in [-0.2, -0.15) is 8.39 Å². The Balaban J connectivity index is 2.72. The lowest BCUT2D eigenvalue weighted by molar-refractivity contribution is 0.284. The molecule has 0 radical (unpaired) electrons. The van der Waals surface area contributed by atoms with Crippen LogP contribution >= 0.6 is 8.77 Å². The van der Waals surface area contributed by atoms with E-state index >= 15 is 0 Å². The Kier molecular flexibility index (Phi) is 5.44. The summed E-state index contributed by atoms with van der Waals surface area (Å²) in [7, 11) is -3.28. The summed E-state index contributed by atoms with van der Waals surface area (Å²) in [6.45, 7) is -0.765. The summed E-state index contributed by atoms with van der Waals surface area (Å²) in [5.74, 6) is 0. The fourth-order valence-corrected chi connectivity index (χ4v) is 0.455. The minimum absolute atomic E-state index is 0.0622. The summed E-state index contributed by atoms with van der Waals surface area (Å²) >= 11 is 0. The van der Waals surface area contributed by atoms with Gasteiger partial charge in [-0.25, -0.2) is 0 Å². The van der Waals surface area contributed by atoms with Crippen LogP contribution in [0.3, 0.4) is 0 Å². The van der Waals surface area contributed by atoms with Crippen molar-refractivity contribution in [2.45, 2.75) is 6.42 Å². The van der Waals surface area contributed by atoms with Crippen LogP contribution in [-0.4, -0.2) is 13.3 Å². The Morgan fingerprint density at radius 3 is 2.38 bits per heavy atom. The van der Waals surface area contributed by atoms with E-state index in [0.29, 0.717) is 0 Å². The first-order valence-electron chi connectivity index (χ1n) is 2.08. The standard InChI is InChI=1S/C3H6F3OP/c4-2-1-3-7-8(5)6/h1-3H2. The molecule has 0 atom stereocenters. The summed E-state index contributed by atoms with van der Waals surface area (Å²) in [6, 6.07) is 0. The molecule has 8 heavy (non-hydrogen) atoms. The van der Waals surface area contributed by atoms with Crippen molar-refractivity contribution in [2.24, 2.45) is 0 Å². The third-order valence-electron chi connectivity index (χ3n) is 0.467. The monoisotopic (exact) mass is 146 g/mol. The van der Waals surface area contributed by atoms with Crippen molar-refractivity contribution in [1.29, 1.82) is 0 Å². The minimum Gasteiger partial charge on any atom is -0.306 e. The molecular weight excluding hydrogens is 140 g/mol. The van der Waals surface area contributed by atoms with E-state index in [1.165, 1.54) is 0 Å². The average molecular weight is 146 g/mol. The molecule has 0 aromatic rings. The van der Waals surface area contributed by atoms with Gasteiger partial charge in [0, 0.05) is 0 Å². The maximum atomic E-state index is 11.1. The van der Waals surface area contributed by atoms with Crippen molar-refractivity contribution in [2.75, 3.05) is 13.3 Å². The molecule has 0 N–H and O–H groups in total. The van der Waals surface area contributed by atoms with Crippen molar-refractivity contribution >= 4 is 8.77 Å². The molecule has 0 unspecified atom stereocenters. The Morgan fingerprint density at radius 1 is 1.38 bits per heavy atom. The first-order valence-corrected chi connectivity index (χ1v) is 3.12. The number of hydrogen-bond donors (Lipinski definition) is 0. The zero-order valence-electron chi connectivity index (χ0n) is 4.11. The SMILES string of the molecule is FCCCOP(F)F. The summed E-state index contributed by atoms with van der Waals surface area (Å²) in [5.41, 5.74) is 0. The molecule has 0 bridgehead atoms. The van der Waals surface area contributed by atoms with Crippen LogP contribution in [0, 0.1) is 0 Å². The Bertz CT molecular complexity index is 51.8. The van der Waals surface area contributed by atoms with Crippen LogP contribution in [0.2, 0.25) is 0 Å². The molecule has 0 heterocycles. The van der Waals surface area contributed by atoms with Gasteiger partial charge in [0.1, 0.15) is 0 Å². The first-order chi connectivity index (χ1) is 3.77. The average Bonchev–Trinajstić information content (AvgIpc) is 1.66. The second-order valence-electron chi connectivity index (χ2n) is 1.08. The van der Waals surface area contributed by atoms with E-state index in [1.807, 2.05) is 0 Å². The Hall–Kier alpha value is 0.180. The van der Waals surface area contributed by atoms with E-state index in [0.717, 1.165) is 0 Å². The molecule has 50 valence electrons. The van der Waals surface area contributed by atoms with Crippen LogP contribution in [0.4, 0.5) is 12.8 Å². The van der Waals surface area contributed by atoms with Crippen LogP contribution in [0.15, 0.2) is 0 Å². The van der Waals surface area contributed by atoms with Gasteiger partial charge in [0.2, 0.25) is 0 Å². The number of rotatable bonds is 4. The van der Waals surface area contributed by atoms with Crippen molar-refractivity contribution in [1.82, 2.24) is 0 Å². The van der Waals surface area contributed by atoms with Gasteiger partial charge < -0.3 is 4.52 Å². The lowest BCUT2D eigenvalue weighted by Gasteiger charge is -1.94. The first kappa shape index (κ1) is 8.18. The number of hydrogen-bond acceptors (Lipinski definition) is 1. The van der Waals surface area contributed by atoms with Crippen LogP contribution < -0.4 is 0 Å². The molecule has 0 saturated carbocycles. The molecule has 0 rings (SSSR count). The Labute approximate surface area is 46.9 Å². The summed E-state index contributed by atoms with van der Waals surface area (Å²) < 4.78 is 37.1. The predicted octanol–water partition coefficient (Wildman–Crippen LogP) is 2.53. The summed E-state index contributed by atoms with van der Waals surface area (Å²) in [5, 5.41) is 0. The molecule has 0 saturated heterocycles. The van der Waals surface area contributed by atoms with E-state index in [9.17, 15) is 12.8 Å². The normalized spacial score (nSPS) is 10.5. The number of halogens is 3.